The van der Waals surface area contributed by atoms with Crippen molar-refractivity contribution in [1.82, 2.24) is 4.57 Å². The van der Waals surface area contributed by atoms with Crippen LogP contribution in [0, 0.1) is 6.92 Å². The molecule has 3 aromatic rings. The summed E-state index contributed by atoms with van der Waals surface area (Å²) in [6.07, 6.45) is 1.53. The fraction of sp³-hybridized carbons (Fsp3) is 0.143. The van der Waals surface area contributed by atoms with E-state index in [2.05, 4.69) is 5.32 Å². The number of nitrogens with one attached hydrogen (secondary N) is 1. The number of hydrogen-bond donors (Lipinski definition) is 1. The molecule has 0 spiro atoms. The number of carbonyl (C=O) groups is 1. The second kappa shape index (κ2) is 8.32. The number of aryl methyl sites for hydroxylation is 1. The number of nitrogens with zero attached hydrogens (tertiary/aromatic N) is 2. The van der Waals surface area contributed by atoms with Crippen LogP contribution >= 0.6 is 0 Å². The smallest absolute Gasteiger partial charge is 0.264 e. The molecule has 0 radical (unpaired) electrons. The van der Waals surface area contributed by atoms with Gasteiger partial charge in [0.05, 0.1) is 10.6 Å². The first-order valence-corrected chi connectivity index (χ1v) is 10.3. The molecule has 0 fully saturated rings. The Hall–Kier alpha value is -3.39. The largest absolute Gasteiger partial charge is 0.324 e. The monoisotopic (exact) mass is 411 g/mol. The van der Waals surface area contributed by atoms with E-state index in [9.17, 15) is 18.0 Å². The molecular formula is C21H21N3O4S. The predicted molar refractivity (Wildman–Crippen MR) is 113 cm³/mol. The number of sulfonamides is 1. The summed E-state index contributed by atoms with van der Waals surface area (Å²) < 4.78 is 28.3. The Morgan fingerprint density at radius 3 is 2.48 bits per heavy atom. The van der Waals surface area contributed by atoms with E-state index >= 15 is 0 Å². The lowest BCUT2D eigenvalue weighted by Gasteiger charge is -2.20. The minimum atomic E-state index is -3.79. The third-order valence-electron chi connectivity index (χ3n) is 4.42. The number of benzene rings is 2. The first kappa shape index (κ1) is 20.3. The highest BCUT2D eigenvalue weighted by molar-refractivity contribution is 7.92. The Morgan fingerprint density at radius 2 is 1.76 bits per heavy atom. The number of rotatable bonds is 6. The van der Waals surface area contributed by atoms with Crippen molar-refractivity contribution in [2.75, 3.05) is 16.7 Å². The number of hydrogen-bond acceptors (Lipinski definition) is 4. The normalized spacial score (nSPS) is 11.1. The second-order valence-electron chi connectivity index (χ2n) is 6.51. The summed E-state index contributed by atoms with van der Waals surface area (Å²) in [6, 6.07) is 18.1. The molecule has 0 aliphatic heterocycles. The van der Waals surface area contributed by atoms with Gasteiger partial charge in [-0.05, 0) is 43.3 Å². The summed E-state index contributed by atoms with van der Waals surface area (Å²) in [5.41, 5.74) is 1.15. The van der Waals surface area contributed by atoms with Crippen molar-refractivity contribution in [3.05, 3.63) is 88.8 Å². The van der Waals surface area contributed by atoms with Gasteiger partial charge in [-0.15, -0.1) is 0 Å². The predicted octanol–water partition coefficient (Wildman–Crippen LogP) is 2.62. The number of aromatic nitrogens is 1. The fourth-order valence-electron chi connectivity index (χ4n) is 2.81. The Labute approximate surface area is 169 Å². The molecule has 1 aromatic heterocycles. The standard InChI is InChI=1S/C21H21N3O4S/c1-16-8-7-13-24(21(16)26)15-20(25)22-17-9-6-12-19(14-17)29(27,28)23(2)18-10-4-3-5-11-18/h3-14H,15H2,1-2H3,(H,22,25). The fourth-order valence-corrected chi connectivity index (χ4v) is 4.05. The zero-order valence-electron chi connectivity index (χ0n) is 16.1. The maximum atomic E-state index is 12.9. The molecular weight excluding hydrogens is 390 g/mol. The van der Waals surface area contributed by atoms with Gasteiger partial charge >= 0.3 is 0 Å². The highest BCUT2D eigenvalue weighted by Crippen LogP contribution is 2.23. The number of para-hydroxylation sites is 1. The maximum Gasteiger partial charge on any atom is 0.264 e. The van der Waals surface area contributed by atoms with E-state index in [1.54, 1.807) is 61.5 Å². The van der Waals surface area contributed by atoms with Gasteiger partial charge < -0.3 is 9.88 Å². The minimum absolute atomic E-state index is 0.0503. The molecule has 1 heterocycles. The van der Waals surface area contributed by atoms with Crippen LogP contribution in [0.1, 0.15) is 5.56 Å². The molecule has 0 aliphatic rings. The van der Waals surface area contributed by atoms with Crippen LogP contribution in [0.15, 0.2) is 82.6 Å². The van der Waals surface area contributed by atoms with Crippen LogP contribution in [-0.2, 0) is 21.4 Å². The number of pyridine rings is 1. The van der Waals surface area contributed by atoms with E-state index in [1.165, 1.54) is 34.2 Å². The summed E-state index contributed by atoms with van der Waals surface area (Å²) in [5.74, 6) is -0.427. The van der Waals surface area contributed by atoms with Gasteiger partial charge in [-0.2, -0.15) is 0 Å². The Kier molecular flexibility index (Phi) is 5.84. The average Bonchev–Trinajstić information content (AvgIpc) is 2.71. The lowest BCUT2D eigenvalue weighted by Crippen LogP contribution is -2.28. The quantitative estimate of drug-likeness (QED) is 0.675. The average molecular weight is 411 g/mol. The van der Waals surface area contributed by atoms with Crippen molar-refractivity contribution < 1.29 is 13.2 Å². The van der Waals surface area contributed by atoms with Gasteiger partial charge in [-0.1, -0.05) is 30.3 Å². The highest BCUT2D eigenvalue weighted by atomic mass is 32.2. The molecule has 2 aromatic carbocycles. The van der Waals surface area contributed by atoms with Crippen molar-refractivity contribution in [3.8, 4) is 0 Å². The highest BCUT2D eigenvalue weighted by Gasteiger charge is 2.21. The van der Waals surface area contributed by atoms with Crippen molar-refractivity contribution in [2.24, 2.45) is 0 Å². The van der Waals surface area contributed by atoms with Gasteiger partial charge in [0.2, 0.25) is 5.91 Å². The van der Waals surface area contributed by atoms with Gasteiger partial charge in [0.1, 0.15) is 6.54 Å². The molecule has 0 saturated carbocycles. The van der Waals surface area contributed by atoms with Crippen LogP contribution in [0.2, 0.25) is 0 Å². The molecule has 29 heavy (non-hydrogen) atoms. The molecule has 8 heteroatoms. The lowest BCUT2D eigenvalue weighted by atomic mass is 10.3. The van der Waals surface area contributed by atoms with Crippen LogP contribution in [0.25, 0.3) is 0 Å². The van der Waals surface area contributed by atoms with Gasteiger partial charge in [0.25, 0.3) is 15.6 Å². The van der Waals surface area contributed by atoms with Gasteiger partial charge in [-0.25, -0.2) is 8.42 Å². The third-order valence-corrected chi connectivity index (χ3v) is 6.20. The summed E-state index contributed by atoms with van der Waals surface area (Å²) in [7, 11) is -2.32. The molecule has 1 amide bonds. The lowest BCUT2D eigenvalue weighted by molar-refractivity contribution is -0.116. The van der Waals surface area contributed by atoms with Crippen LogP contribution in [0.4, 0.5) is 11.4 Å². The summed E-state index contributed by atoms with van der Waals surface area (Å²) >= 11 is 0. The minimum Gasteiger partial charge on any atom is -0.324 e. The molecule has 150 valence electrons. The molecule has 0 atom stereocenters. The van der Waals surface area contributed by atoms with E-state index in [4.69, 9.17) is 0 Å². The second-order valence-corrected chi connectivity index (χ2v) is 8.48. The van der Waals surface area contributed by atoms with Crippen molar-refractivity contribution in [2.45, 2.75) is 18.4 Å². The van der Waals surface area contributed by atoms with E-state index in [1.807, 2.05) is 0 Å². The molecule has 7 nitrogen and oxygen atoms in total. The Balaban J connectivity index is 1.79. The third kappa shape index (κ3) is 4.55. The first-order chi connectivity index (χ1) is 13.8. The first-order valence-electron chi connectivity index (χ1n) is 8.89. The van der Waals surface area contributed by atoms with E-state index in [0.29, 0.717) is 16.9 Å². The van der Waals surface area contributed by atoms with Crippen LogP contribution < -0.4 is 15.2 Å². The zero-order valence-corrected chi connectivity index (χ0v) is 16.9. The van der Waals surface area contributed by atoms with Gasteiger partial charge in [0, 0.05) is 24.5 Å². The topological polar surface area (TPSA) is 88.5 Å². The van der Waals surface area contributed by atoms with Crippen LogP contribution in [0.3, 0.4) is 0 Å². The van der Waals surface area contributed by atoms with E-state index in [0.717, 1.165) is 0 Å². The summed E-state index contributed by atoms with van der Waals surface area (Å²) in [5, 5.41) is 2.65. The molecule has 0 aliphatic carbocycles. The maximum absolute atomic E-state index is 12.9. The molecule has 1 N–H and O–H groups in total. The Bertz CT molecular complexity index is 1190. The zero-order chi connectivity index (χ0) is 21.0. The van der Waals surface area contributed by atoms with Crippen LogP contribution in [0.5, 0.6) is 0 Å². The van der Waals surface area contributed by atoms with E-state index < -0.39 is 15.9 Å². The van der Waals surface area contributed by atoms with Crippen molar-refractivity contribution in [1.29, 1.82) is 0 Å². The summed E-state index contributed by atoms with van der Waals surface area (Å²) in [6.45, 7) is 1.51. The summed E-state index contributed by atoms with van der Waals surface area (Å²) in [4.78, 5) is 24.4. The SMILES string of the molecule is Cc1cccn(CC(=O)Nc2cccc(S(=O)(=O)N(C)c3ccccc3)c2)c1=O. The molecule has 3 rings (SSSR count). The number of carbonyl (C=O) groups excluding carboxylic acids is 1. The van der Waals surface area contributed by atoms with Crippen LogP contribution in [-0.4, -0.2) is 25.9 Å². The van der Waals surface area contributed by atoms with E-state index in [-0.39, 0.29) is 17.0 Å². The molecule has 0 bridgehead atoms. The molecule has 0 saturated heterocycles. The number of anilines is 2. The Morgan fingerprint density at radius 1 is 1.03 bits per heavy atom. The van der Waals surface area contributed by atoms with Gasteiger partial charge in [-0.3, -0.25) is 13.9 Å². The molecule has 0 unspecified atom stereocenters. The van der Waals surface area contributed by atoms with Gasteiger partial charge in [0.15, 0.2) is 0 Å². The number of amides is 1. The van der Waals surface area contributed by atoms with Crippen molar-refractivity contribution >= 4 is 27.3 Å². The van der Waals surface area contributed by atoms with Crippen molar-refractivity contribution in [3.63, 3.8) is 0 Å².